The molecule has 19 heavy (non-hydrogen) atoms. The maximum absolute atomic E-state index is 9.90. The Morgan fingerprint density at radius 3 is 2.84 bits per heavy atom. The highest BCUT2D eigenvalue weighted by molar-refractivity contribution is 5.23. The molecule has 3 nitrogen and oxygen atoms in total. The quantitative estimate of drug-likeness (QED) is 0.832. The van der Waals surface area contributed by atoms with Gasteiger partial charge in [0.2, 0.25) is 0 Å². The molecule has 1 fully saturated rings. The molecule has 104 valence electrons. The topological polar surface area (TPSA) is 42.6 Å². The molecular weight excluding hydrogens is 240 g/mol. The summed E-state index contributed by atoms with van der Waals surface area (Å²) in [5.74, 6) is 1.93. The molecule has 5 atom stereocenters. The van der Waals surface area contributed by atoms with E-state index in [-0.39, 0.29) is 18.1 Å². The summed E-state index contributed by atoms with van der Waals surface area (Å²) in [6.07, 6.45) is 3.98. The lowest BCUT2D eigenvalue weighted by molar-refractivity contribution is -0.170. The van der Waals surface area contributed by atoms with Crippen molar-refractivity contribution in [2.24, 2.45) is 23.2 Å². The van der Waals surface area contributed by atoms with Gasteiger partial charge in [0.05, 0.1) is 19.5 Å². The van der Waals surface area contributed by atoms with Gasteiger partial charge in [0.25, 0.3) is 0 Å². The number of hydrogen-bond acceptors (Lipinski definition) is 3. The number of rotatable bonds is 2. The summed E-state index contributed by atoms with van der Waals surface area (Å²) < 4.78 is 11.6. The number of ether oxygens (including phenoxy) is 1. The van der Waals surface area contributed by atoms with E-state index in [9.17, 15) is 5.11 Å². The molecule has 0 saturated carbocycles. The van der Waals surface area contributed by atoms with Crippen LogP contribution < -0.4 is 0 Å². The molecular formula is C16H22O3. The molecule has 0 amide bonds. The van der Waals surface area contributed by atoms with Gasteiger partial charge >= 0.3 is 0 Å². The first-order valence-corrected chi connectivity index (χ1v) is 7.04. The van der Waals surface area contributed by atoms with Gasteiger partial charge < -0.3 is 14.3 Å². The van der Waals surface area contributed by atoms with Crippen LogP contribution in [0.25, 0.3) is 0 Å². The summed E-state index contributed by atoms with van der Waals surface area (Å²) in [6.45, 7) is 7.37. The van der Waals surface area contributed by atoms with Crippen molar-refractivity contribution in [1.82, 2.24) is 0 Å². The van der Waals surface area contributed by atoms with E-state index in [2.05, 4.69) is 26.8 Å². The van der Waals surface area contributed by atoms with Crippen molar-refractivity contribution in [3.8, 4) is 0 Å². The minimum absolute atomic E-state index is 0.0200. The normalized spacial score (nSPS) is 42.0. The van der Waals surface area contributed by atoms with Crippen LogP contribution in [0.1, 0.15) is 32.6 Å². The predicted octanol–water partition coefficient (Wildman–Crippen LogP) is 3.18. The van der Waals surface area contributed by atoms with Gasteiger partial charge in [0, 0.05) is 11.3 Å². The zero-order chi connectivity index (χ0) is 13.6. The van der Waals surface area contributed by atoms with Gasteiger partial charge in [-0.3, -0.25) is 0 Å². The lowest BCUT2D eigenvalue weighted by Crippen LogP contribution is -2.53. The van der Waals surface area contributed by atoms with Crippen molar-refractivity contribution < 1.29 is 14.3 Å². The Kier molecular flexibility index (Phi) is 3.06. The van der Waals surface area contributed by atoms with E-state index >= 15 is 0 Å². The molecule has 3 rings (SSSR count). The number of hydrogen-bond donors (Lipinski definition) is 1. The number of aliphatic hydroxyl groups is 1. The second-order valence-electron chi connectivity index (χ2n) is 6.15. The van der Waals surface area contributed by atoms with Crippen LogP contribution in [0, 0.1) is 23.2 Å². The van der Waals surface area contributed by atoms with E-state index in [1.165, 1.54) is 5.57 Å². The largest absolute Gasteiger partial charge is 0.467 e. The molecule has 1 saturated heterocycles. The standard InChI is InChI=1S/C16H22O3/c1-10-7-11(2)16(8-17)9-19-15(14(10)12(16)3)13-5-4-6-18-13/h4-7,11-12,14-15,17H,8-9H2,1-3H3/t11?,12-,14?,15?,16?/m0/s1. The van der Waals surface area contributed by atoms with Crippen LogP contribution in [0.4, 0.5) is 0 Å². The molecule has 1 aliphatic carbocycles. The summed E-state index contributed by atoms with van der Waals surface area (Å²) in [4.78, 5) is 0. The Balaban J connectivity index is 2.03. The molecule has 2 bridgehead atoms. The van der Waals surface area contributed by atoms with Gasteiger partial charge in [-0.2, -0.15) is 0 Å². The van der Waals surface area contributed by atoms with Gasteiger partial charge in [-0.1, -0.05) is 25.5 Å². The smallest absolute Gasteiger partial charge is 0.133 e. The van der Waals surface area contributed by atoms with Gasteiger partial charge in [-0.05, 0) is 30.9 Å². The molecule has 4 unspecified atom stereocenters. The average molecular weight is 262 g/mol. The Labute approximate surface area is 114 Å². The molecule has 1 aromatic heterocycles. The van der Waals surface area contributed by atoms with Crippen LogP contribution in [0.15, 0.2) is 34.5 Å². The Bertz CT molecular complexity index is 476. The lowest BCUT2D eigenvalue weighted by atomic mass is 9.56. The average Bonchev–Trinajstić information content (AvgIpc) is 2.90. The Morgan fingerprint density at radius 1 is 1.42 bits per heavy atom. The Hall–Kier alpha value is -1.06. The van der Waals surface area contributed by atoms with Crippen molar-refractivity contribution in [2.75, 3.05) is 13.2 Å². The molecule has 2 heterocycles. The molecule has 1 aliphatic heterocycles. The highest BCUT2D eigenvalue weighted by atomic mass is 16.5. The van der Waals surface area contributed by atoms with Gasteiger partial charge in [-0.15, -0.1) is 0 Å². The molecule has 1 N–H and O–H groups in total. The molecule has 0 aromatic carbocycles. The van der Waals surface area contributed by atoms with Crippen LogP contribution in [-0.4, -0.2) is 18.3 Å². The van der Waals surface area contributed by atoms with Crippen LogP contribution in [0.3, 0.4) is 0 Å². The fourth-order valence-corrected chi connectivity index (χ4v) is 4.00. The fourth-order valence-electron chi connectivity index (χ4n) is 4.00. The van der Waals surface area contributed by atoms with Gasteiger partial charge in [0.1, 0.15) is 11.9 Å². The third-order valence-corrected chi connectivity index (χ3v) is 5.37. The van der Waals surface area contributed by atoms with Gasteiger partial charge in [-0.25, -0.2) is 0 Å². The highest BCUT2D eigenvalue weighted by Gasteiger charge is 2.53. The molecule has 0 radical (unpaired) electrons. The summed E-state index contributed by atoms with van der Waals surface area (Å²) in [5, 5.41) is 9.90. The number of allylic oxidation sites excluding steroid dienone is 1. The minimum atomic E-state index is -0.146. The zero-order valence-corrected chi connectivity index (χ0v) is 11.8. The molecule has 0 spiro atoms. The van der Waals surface area contributed by atoms with Crippen molar-refractivity contribution in [3.63, 3.8) is 0 Å². The second-order valence-corrected chi connectivity index (χ2v) is 6.15. The van der Waals surface area contributed by atoms with Crippen LogP contribution in [-0.2, 0) is 4.74 Å². The molecule has 2 aliphatic rings. The molecule has 3 heteroatoms. The Morgan fingerprint density at radius 2 is 2.21 bits per heavy atom. The van der Waals surface area contributed by atoms with E-state index in [0.29, 0.717) is 24.4 Å². The maximum Gasteiger partial charge on any atom is 0.133 e. The van der Waals surface area contributed by atoms with Crippen LogP contribution >= 0.6 is 0 Å². The lowest BCUT2D eigenvalue weighted by Gasteiger charge is -2.54. The van der Waals surface area contributed by atoms with E-state index in [1.807, 2.05) is 12.1 Å². The van der Waals surface area contributed by atoms with E-state index in [1.54, 1.807) is 6.26 Å². The fraction of sp³-hybridized carbons (Fsp3) is 0.625. The number of furan rings is 1. The number of aliphatic hydroxyl groups excluding tert-OH is 1. The van der Waals surface area contributed by atoms with E-state index in [0.717, 1.165) is 5.76 Å². The summed E-state index contributed by atoms with van der Waals surface area (Å²) in [7, 11) is 0. The SMILES string of the molecule is CC1=CC(C)C2(CO)COC(c3ccco3)C1[C@@H]2C. The van der Waals surface area contributed by atoms with Crippen molar-refractivity contribution >= 4 is 0 Å². The zero-order valence-electron chi connectivity index (χ0n) is 11.8. The first-order chi connectivity index (χ1) is 9.10. The maximum atomic E-state index is 9.90. The predicted molar refractivity (Wildman–Crippen MR) is 72.5 cm³/mol. The van der Waals surface area contributed by atoms with Crippen molar-refractivity contribution in [2.45, 2.75) is 26.9 Å². The third-order valence-electron chi connectivity index (χ3n) is 5.37. The summed E-state index contributed by atoms with van der Waals surface area (Å²) in [5.41, 5.74) is 1.21. The monoisotopic (exact) mass is 262 g/mol. The summed E-state index contributed by atoms with van der Waals surface area (Å²) >= 11 is 0. The highest BCUT2D eigenvalue weighted by Crippen LogP contribution is 2.55. The summed E-state index contributed by atoms with van der Waals surface area (Å²) in [6, 6.07) is 3.89. The minimum Gasteiger partial charge on any atom is -0.467 e. The van der Waals surface area contributed by atoms with Crippen molar-refractivity contribution in [3.05, 3.63) is 35.8 Å². The first kappa shape index (κ1) is 12.9. The van der Waals surface area contributed by atoms with Crippen LogP contribution in [0.2, 0.25) is 0 Å². The number of fused-ring (bicyclic) bond motifs is 2. The van der Waals surface area contributed by atoms with Gasteiger partial charge in [0.15, 0.2) is 0 Å². The first-order valence-electron chi connectivity index (χ1n) is 7.04. The van der Waals surface area contributed by atoms with E-state index < -0.39 is 0 Å². The second kappa shape index (κ2) is 4.50. The third kappa shape index (κ3) is 1.72. The van der Waals surface area contributed by atoms with Crippen LogP contribution in [0.5, 0.6) is 0 Å². The molecule has 1 aromatic rings. The van der Waals surface area contributed by atoms with Crippen molar-refractivity contribution in [1.29, 1.82) is 0 Å². The van der Waals surface area contributed by atoms with E-state index in [4.69, 9.17) is 9.15 Å².